The molecule has 1 saturated heterocycles. The van der Waals surface area contributed by atoms with Gasteiger partial charge in [0.1, 0.15) is 5.82 Å². The van der Waals surface area contributed by atoms with E-state index in [1.165, 1.54) is 12.4 Å². The van der Waals surface area contributed by atoms with E-state index in [0.717, 1.165) is 31.9 Å². The Morgan fingerprint density at radius 3 is 2.66 bits per heavy atom. The van der Waals surface area contributed by atoms with Gasteiger partial charge in [0.05, 0.1) is 23.4 Å². The Labute approximate surface area is 184 Å². The van der Waals surface area contributed by atoms with Gasteiger partial charge in [0.2, 0.25) is 0 Å². The number of aromatic nitrogens is 4. The Morgan fingerprint density at radius 1 is 1.31 bits per heavy atom. The second kappa shape index (κ2) is 9.19. The van der Waals surface area contributed by atoms with Crippen LogP contribution >= 0.6 is 0 Å². The molecule has 9 nitrogen and oxygen atoms in total. The van der Waals surface area contributed by atoms with Gasteiger partial charge in [-0.3, -0.25) is 9.48 Å². The molecule has 4 rings (SSSR count). The molecule has 3 heterocycles. The molecule has 1 aliphatic carbocycles. The number of alkyl halides is 2. The van der Waals surface area contributed by atoms with Gasteiger partial charge in [-0.1, -0.05) is 6.92 Å². The Kier molecular flexibility index (Phi) is 6.35. The maximum atomic E-state index is 13.6. The number of amides is 1. The highest BCUT2D eigenvalue weighted by Gasteiger charge is 2.28. The Morgan fingerprint density at radius 2 is 2.03 bits per heavy atom. The fraction of sp³-hybridized carbons (Fsp3) is 0.524. The van der Waals surface area contributed by atoms with Crippen LogP contribution in [0.15, 0.2) is 24.7 Å². The molecule has 0 bridgehead atoms. The minimum absolute atomic E-state index is 0.0331. The summed E-state index contributed by atoms with van der Waals surface area (Å²) in [4.78, 5) is 23.1. The van der Waals surface area contributed by atoms with E-state index in [-0.39, 0.29) is 23.1 Å². The lowest BCUT2D eigenvalue weighted by molar-refractivity contribution is -0.111. The molecule has 1 aliphatic heterocycles. The number of β-amino-alcohol motifs (C(OH)–C–C–N with tert-alkyl or cyclic N) is 1. The predicted molar refractivity (Wildman–Crippen MR) is 115 cm³/mol. The molecule has 1 saturated carbocycles. The smallest absolute Gasteiger partial charge is 0.284 e. The molecule has 2 aromatic rings. The van der Waals surface area contributed by atoms with Gasteiger partial charge in [0.15, 0.2) is 11.5 Å². The molecule has 2 fully saturated rings. The number of nitrogens with two attached hydrogens (primary N) is 1. The van der Waals surface area contributed by atoms with Gasteiger partial charge in [0.25, 0.3) is 12.3 Å². The van der Waals surface area contributed by atoms with Crippen molar-refractivity contribution in [2.24, 2.45) is 11.7 Å². The van der Waals surface area contributed by atoms with Gasteiger partial charge < -0.3 is 21.1 Å². The van der Waals surface area contributed by atoms with Crippen LogP contribution in [0, 0.1) is 5.92 Å². The zero-order valence-corrected chi connectivity index (χ0v) is 17.8. The number of anilines is 2. The van der Waals surface area contributed by atoms with Gasteiger partial charge in [-0.2, -0.15) is 5.10 Å². The molecule has 0 spiro atoms. The summed E-state index contributed by atoms with van der Waals surface area (Å²) in [5.41, 5.74) is 5.09. The van der Waals surface area contributed by atoms with Crippen molar-refractivity contribution >= 4 is 23.0 Å². The minimum atomic E-state index is -2.84. The first kappa shape index (κ1) is 22.1. The van der Waals surface area contributed by atoms with Gasteiger partial charge in [-0.15, -0.1) is 0 Å². The third kappa shape index (κ3) is 4.57. The second-order valence-corrected chi connectivity index (χ2v) is 8.45. The average Bonchev–Trinajstić information content (AvgIpc) is 3.17. The standard InChI is InChI=1S/C21H27F2N7O2/c1-12-2-4-13(5-3-12)30-11-16(18(28-30)19(22)23)26-21(32)15(8-24)20-25-7-6-17(27-20)29-9-14(31)10-29/h6-8,11-14,19,31H,2-5,9-10,24H2,1H3,(H,26,32). The van der Waals surface area contributed by atoms with Crippen molar-refractivity contribution in [3.63, 3.8) is 0 Å². The summed E-state index contributed by atoms with van der Waals surface area (Å²) in [5.74, 6) is 0.520. The van der Waals surface area contributed by atoms with Gasteiger partial charge >= 0.3 is 0 Å². The Hall–Kier alpha value is -3.08. The summed E-state index contributed by atoms with van der Waals surface area (Å²) in [6.45, 7) is 3.04. The number of hydrogen-bond donors (Lipinski definition) is 3. The third-order valence-electron chi connectivity index (χ3n) is 6.05. The first-order valence-electron chi connectivity index (χ1n) is 10.7. The molecule has 0 aromatic carbocycles. The number of hydrogen-bond acceptors (Lipinski definition) is 7. The van der Waals surface area contributed by atoms with Crippen molar-refractivity contribution in [1.29, 1.82) is 0 Å². The number of aliphatic hydroxyl groups excluding tert-OH is 1. The zero-order valence-electron chi connectivity index (χ0n) is 17.8. The SMILES string of the molecule is CC1CCC(n2cc(NC(=O)C(=CN)c3nccc(N4CC(O)C4)n3)c(C(F)F)n2)CC1. The van der Waals surface area contributed by atoms with E-state index in [9.17, 15) is 18.7 Å². The number of rotatable bonds is 6. The van der Waals surface area contributed by atoms with E-state index in [4.69, 9.17) is 5.73 Å². The van der Waals surface area contributed by atoms with Crippen LogP contribution in [0.4, 0.5) is 20.3 Å². The highest BCUT2D eigenvalue weighted by Crippen LogP contribution is 2.34. The van der Waals surface area contributed by atoms with Crippen LogP contribution in [-0.2, 0) is 4.79 Å². The summed E-state index contributed by atoms with van der Waals surface area (Å²) in [6, 6.07) is 1.69. The van der Waals surface area contributed by atoms with Crippen molar-refractivity contribution < 1.29 is 18.7 Å². The molecule has 32 heavy (non-hydrogen) atoms. The van der Waals surface area contributed by atoms with Crippen LogP contribution in [0.3, 0.4) is 0 Å². The van der Waals surface area contributed by atoms with Crippen LogP contribution in [0.25, 0.3) is 5.57 Å². The van der Waals surface area contributed by atoms with E-state index < -0.39 is 24.1 Å². The van der Waals surface area contributed by atoms with Crippen molar-refractivity contribution in [3.8, 4) is 0 Å². The van der Waals surface area contributed by atoms with Gasteiger partial charge in [-0.25, -0.2) is 18.7 Å². The van der Waals surface area contributed by atoms with E-state index in [1.54, 1.807) is 10.7 Å². The van der Waals surface area contributed by atoms with Crippen molar-refractivity contribution in [2.75, 3.05) is 23.3 Å². The summed E-state index contributed by atoms with van der Waals surface area (Å²) in [6.07, 6.45) is 4.48. The number of nitrogens with zero attached hydrogens (tertiary/aromatic N) is 5. The van der Waals surface area contributed by atoms with Crippen molar-refractivity contribution in [1.82, 2.24) is 19.7 Å². The second-order valence-electron chi connectivity index (χ2n) is 8.45. The van der Waals surface area contributed by atoms with E-state index in [0.29, 0.717) is 24.8 Å². The summed E-state index contributed by atoms with van der Waals surface area (Å²) < 4.78 is 28.8. The molecule has 0 unspecified atom stereocenters. The first-order valence-corrected chi connectivity index (χ1v) is 10.7. The summed E-state index contributed by atoms with van der Waals surface area (Å²) in [5, 5.41) is 16.1. The molecule has 2 aliphatic rings. The van der Waals surface area contributed by atoms with Crippen LogP contribution in [0.1, 0.15) is 56.6 Å². The number of aliphatic hydroxyl groups is 1. The quantitative estimate of drug-likeness (QED) is 0.582. The lowest BCUT2D eigenvalue weighted by Crippen LogP contribution is -2.51. The van der Waals surface area contributed by atoms with Crippen LogP contribution < -0.4 is 16.0 Å². The molecule has 172 valence electrons. The van der Waals surface area contributed by atoms with Crippen LogP contribution in [-0.4, -0.2) is 50.0 Å². The van der Waals surface area contributed by atoms with Crippen molar-refractivity contribution in [2.45, 2.75) is 51.2 Å². The predicted octanol–water partition coefficient (Wildman–Crippen LogP) is 2.48. The largest absolute Gasteiger partial charge is 0.404 e. The number of nitrogens with one attached hydrogen (secondary N) is 1. The van der Waals surface area contributed by atoms with E-state index in [2.05, 4.69) is 27.3 Å². The molecular formula is C21H27F2N7O2. The molecule has 0 atom stereocenters. The lowest BCUT2D eigenvalue weighted by Gasteiger charge is -2.36. The number of carbonyl (C=O) groups excluding carboxylic acids is 1. The Bertz CT molecular complexity index is 996. The minimum Gasteiger partial charge on any atom is -0.404 e. The Balaban J connectivity index is 1.53. The maximum absolute atomic E-state index is 13.6. The first-order chi connectivity index (χ1) is 15.4. The molecule has 1 amide bonds. The lowest BCUT2D eigenvalue weighted by atomic mass is 9.87. The van der Waals surface area contributed by atoms with Crippen LogP contribution in [0.5, 0.6) is 0 Å². The average molecular weight is 447 g/mol. The fourth-order valence-electron chi connectivity index (χ4n) is 4.10. The highest BCUT2D eigenvalue weighted by molar-refractivity contribution is 6.24. The molecule has 11 heteroatoms. The van der Waals surface area contributed by atoms with E-state index >= 15 is 0 Å². The fourth-order valence-corrected chi connectivity index (χ4v) is 4.10. The normalized spacial score (nSPS) is 22.2. The van der Waals surface area contributed by atoms with Crippen LogP contribution in [0.2, 0.25) is 0 Å². The molecule has 0 radical (unpaired) electrons. The van der Waals surface area contributed by atoms with Gasteiger partial charge in [0, 0.05) is 31.7 Å². The third-order valence-corrected chi connectivity index (χ3v) is 6.05. The monoisotopic (exact) mass is 447 g/mol. The zero-order chi connectivity index (χ0) is 22.8. The summed E-state index contributed by atoms with van der Waals surface area (Å²) in [7, 11) is 0. The van der Waals surface area contributed by atoms with Crippen molar-refractivity contribution in [3.05, 3.63) is 36.2 Å². The van der Waals surface area contributed by atoms with E-state index in [1.807, 2.05) is 4.90 Å². The number of carbonyl (C=O) groups is 1. The highest BCUT2D eigenvalue weighted by atomic mass is 19.3. The number of halogens is 2. The molecular weight excluding hydrogens is 420 g/mol. The molecule has 4 N–H and O–H groups in total. The maximum Gasteiger partial charge on any atom is 0.284 e. The topological polar surface area (TPSA) is 122 Å². The molecule has 2 aromatic heterocycles. The van der Waals surface area contributed by atoms with Gasteiger partial charge in [-0.05, 0) is 37.7 Å². The summed E-state index contributed by atoms with van der Waals surface area (Å²) >= 11 is 0.